The van der Waals surface area contributed by atoms with Gasteiger partial charge in [-0.05, 0) is 63.3 Å². The maximum Gasteiger partial charge on any atom is 0.242 e. The van der Waals surface area contributed by atoms with Crippen molar-refractivity contribution in [3.05, 3.63) is 60.2 Å². The Hall–Kier alpha value is -2.72. The number of benzene rings is 3. The van der Waals surface area contributed by atoms with Gasteiger partial charge in [-0.2, -0.15) is 0 Å². The quantitative estimate of drug-likeness (QED) is 0.442. The van der Waals surface area contributed by atoms with Crippen LogP contribution in [0.15, 0.2) is 54.6 Å². The van der Waals surface area contributed by atoms with Crippen molar-refractivity contribution in [1.29, 1.82) is 0 Å². The molecule has 1 aliphatic rings. The first-order valence-electron chi connectivity index (χ1n) is 9.99. The SMILES string of the molecule is COc1cc(-c2ccccc2)c(O[Si](C)(C)C)c2ccc3c(c12)C=CC(C)(C)O3. The highest BCUT2D eigenvalue weighted by molar-refractivity contribution is 6.70. The lowest BCUT2D eigenvalue weighted by molar-refractivity contribution is 0.159. The average molecular weight is 405 g/mol. The molecule has 0 fully saturated rings. The van der Waals surface area contributed by atoms with Gasteiger partial charge in [0.25, 0.3) is 0 Å². The predicted octanol–water partition coefficient (Wildman–Crippen LogP) is 6.91. The Morgan fingerprint density at radius 3 is 2.34 bits per heavy atom. The first kappa shape index (κ1) is 19.6. The average Bonchev–Trinajstić information content (AvgIpc) is 2.66. The molecule has 4 heteroatoms. The van der Waals surface area contributed by atoms with E-state index in [1.54, 1.807) is 7.11 Å². The van der Waals surface area contributed by atoms with E-state index in [2.05, 4.69) is 82.0 Å². The van der Waals surface area contributed by atoms with Gasteiger partial charge < -0.3 is 13.9 Å². The second kappa shape index (κ2) is 6.96. The first-order chi connectivity index (χ1) is 13.7. The van der Waals surface area contributed by atoms with E-state index in [1.165, 1.54) is 0 Å². The molecule has 3 nitrogen and oxygen atoms in total. The first-order valence-corrected chi connectivity index (χ1v) is 13.4. The number of methoxy groups -OCH3 is 1. The molecule has 1 aliphatic heterocycles. The standard InChI is InChI=1S/C25H28O3Si/c1-25(2)15-14-18-21(27-25)13-12-19-23(18)22(26-3)16-20(17-10-8-7-9-11-17)24(19)28-29(4,5)6/h7-16H,1-6H3. The lowest BCUT2D eigenvalue weighted by Crippen LogP contribution is -2.30. The number of fused-ring (bicyclic) bond motifs is 3. The molecule has 0 saturated heterocycles. The van der Waals surface area contributed by atoms with Crippen LogP contribution in [-0.2, 0) is 0 Å². The van der Waals surface area contributed by atoms with Crippen LogP contribution >= 0.6 is 0 Å². The fourth-order valence-corrected chi connectivity index (χ4v) is 4.57. The van der Waals surface area contributed by atoms with Gasteiger partial charge in [-0.15, -0.1) is 0 Å². The van der Waals surface area contributed by atoms with Crippen molar-refractivity contribution in [2.45, 2.75) is 39.1 Å². The normalized spacial score (nSPS) is 15.0. The van der Waals surface area contributed by atoms with Crippen LogP contribution in [0.2, 0.25) is 19.6 Å². The van der Waals surface area contributed by atoms with E-state index in [9.17, 15) is 0 Å². The van der Waals surface area contributed by atoms with Crippen molar-refractivity contribution in [2.75, 3.05) is 7.11 Å². The monoisotopic (exact) mass is 404 g/mol. The zero-order valence-corrected chi connectivity index (χ0v) is 19.0. The molecule has 0 bridgehead atoms. The summed E-state index contributed by atoms with van der Waals surface area (Å²) in [7, 11) is -0.134. The minimum atomic E-state index is -1.86. The maximum absolute atomic E-state index is 6.65. The van der Waals surface area contributed by atoms with E-state index in [1.807, 2.05) is 12.1 Å². The van der Waals surface area contributed by atoms with Crippen LogP contribution in [-0.4, -0.2) is 21.0 Å². The minimum absolute atomic E-state index is 0.324. The number of rotatable bonds is 4. The molecule has 0 radical (unpaired) electrons. The molecule has 0 aliphatic carbocycles. The second-order valence-corrected chi connectivity index (χ2v) is 13.4. The van der Waals surface area contributed by atoms with Gasteiger partial charge in [-0.3, -0.25) is 0 Å². The lowest BCUT2D eigenvalue weighted by Gasteiger charge is -2.30. The second-order valence-electron chi connectivity index (χ2n) is 8.97. The van der Waals surface area contributed by atoms with Crippen LogP contribution in [0.1, 0.15) is 19.4 Å². The molecular formula is C25H28O3Si. The highest BCUT2D eigenvalue weighted by Crippen LogP contribution is 2.48. The predicted molar refractivity (Wildman–Crippen MR) is 124 cm³/mol. The summed E-state index contributed by atoms with van der Waals surface area (Å²) < 4.78 is 18.7. The van der Waals surface area contributed by atoms with Crippen molar-refractivity contribution in [3.63, 3.8) is 0 Å². The number of hydrogen-bond donors (Lipinski definition) is 0. The van der Waals surface area contributed by atoms with Gasteiger partial charge in [0, 0.05) is 21.9 Å². The smallest absolute Gasteiger partial charge is 0.242 e. The van der Waals surface area contributed by atoms with Gasteiger partial charge in [-0.1, -0.05) is 36.4 Å². The third-order valence-electron chi connectivity index (χ3n) is 4.95. The van der Waals surface area contributed by atoms with Gasteiger partial charge in [0.05, 0.1) is 7.11 Å². The fraction of sp³-hybridized carbons (Fsp3) is 0.280. The van der Waals surface area contributed by atoms with E-state index in [4.69, 9.17) is 13.9 Å². The third-order valence-corrected chi connectivity index (χ3v) is 5.77. The highest BCUT2D eigenvalue weighted by Gasteiger charge is 2.27. The summed E-state index contributed by atoms with van der Waals surface area (Å²) in [6.07, 6.45) is 4.24. The topological polar surface area (TPSA) is 27.7 Å². The molecule has 0 aromatic heterocycles. The van der Waals surface area contributed by atoms with E-state index in [-0.39, 0.29) is 5.60 Å². The van der Waals surface area contributed by atoms with Crippen molar-refractivity contribution in [1.82, 2.24) is 0 Å². The van der Waals surface area contributed by atoms with Crippen molar-refractivity contribution in [2.24, 2.45) is 0 Å². The molecule has 0 N–H and O–H groups in total. The Balaban J connectivity index is 2.07. The van der Waals surface area contributed by atoms with Gasteiger partial charge in [0.1, 0.15) is 22.8 Å². The zero-order valence-electron chi connectivity index (χ0n) is 18.0. The Kier molecular flexibility index (Phi) is 4.70. The summed E-state index contributed by atoms with van der Waals surface area (Å²) in [5, 5.41) is 2.09. The van der Waals surface area contributed by atoms with Crippen LogP contribution in [0.4, 0.5) is 0 Å². The Morgan fingerprint density at radius 2 is 1.69 bits per heavy atom. The minimum Gasteiger partial charge on any atom is -0.543 e. The van der Waals surface area contributed by atoms with Crippen LogP contribution in [0.3, 0.4) is 0 Å². The Labute approximate surface area is 174 Å². The van der Waals surface area contributed by atoms with Crippen LogP contribution in [0, 0.1) is 0 Å². The summed E-state index contributed by atoms with van der Waals surface area (Å²) in [5.74, 6) is 2.62. The molecule has 3 aromatic carbocycles. The molecule has 29 heavy (non-hydrogen) atoms. The molecule has 3 aromatic rings. The largest absolute Gasteiger partial charge is 0.543 e. The lowest BCUT2D eigenvalue weighted by atomic mass is 9.93. The van der Waals surface area contributed by atoms with Crippen molar-refractivity contribution in [3.8, 4) is 28.4 Å². The van der Waals surface area contributed by atoms with E-state index in [0.717, 1.165) is 44.7 Å². The van der Waals surface area contributed by atoms with Crippen molar-refractivity contribution >= 4 is 25.2 Å². The van der Waals surface area contributed by atoms with Crippen LogP contribution in [0.25, 0.3) is 28.0 Å². The third kappa shape index (κ3) is 3.77. The van der Waals surface area contributed by atoms with Gasteiger partial charge in [0.2, 0.25) is 8.32 Å². The molecule has 1 heterocycles. The molecule has 0 atom stereocenters. The summed E-state index contributed by atoms with van der Waals surface area (Å²) in [6, 6.07) is 16.6. The molecule has 0 amide bonds. The van der Waals surface area contributed by atoms with E-state index in [0.29, 0.717) is 0 Å². The van der Waals surface area contributed by atoms with E-state index < -0.39 is 8.32 Å². The van der Waals surface area contributed by atoms with Gasteiger partial charge in [0.15, 0.2) is 0 Å². The Morgan fingerprint density at radius 1 is 0.966 bits per heavy atom. The molecule has 0 spiro atoms. The molecule has 4 rings (SSSR count). The molecule has 150 valence electrons. The van der Waals surface area contributed by atoms with Crippen molar-refractivity contribution < 1.29 is 13.9 Å². The fourth-order valence-electron chi connectivity index (χ4n) is 3.73. The van der Waals surface area contributed by atoms with Gasteiger partial charge >= 0.3 is 0 Å². The van der Waals surface area contributed by atoms with Gasteiger partial charge in [-0.25, -0.2) is 0 Å². The Bertz CT molecular complexity index is 1090. The number of hydrogen-bond acceptors (Lipinski definition) is 3. The molecule has 0 saturated carbocycles. The summed E-state index contributed by atoms with van der Waals surface area (Å²) in [4.78, 5) is 0. The summed E-state index contributed by atoms with van der Waals surface area (Å²) >= 11 is 0. The molecular weight excluding hydrogens is 376 g/mol. The van der Waals surface area contributed by atoms with Crippen LogP contribution in [0.5, 0.6) is 17.2 Å². The maximum atomic E-state index is 6.65. The summed E-state index contributed by atoms with van der Waals surface area (Å²) in [6.45, 7) is 10.8. The number of ether oxygens (including phenoxy) is 2. The zero-order chi connectivity index (χ0) is 20.8. The van der Waals surface area contributed by atoms with E-state index >= 15 is 0 Å². The summed E-state index contributed by atoms with van der Waals surface area (Å²) in [5.41, 5.74) is 2.89. The molecule has 0 unspecified atom stereocenters. The highest BCUT2D eigenvalue weighted by atomic mass is 28.4. The van der Waals surface area contributed by atoms with Crippen LogP contribution < -0.4 is 13.9 Å².